The van der Waals surface area contributed by atoms with Crippen molar-refractivity contribution in [2.24, 2.45) is 0 Å². The fourth-order valence-corrected chi connectivity index (χ4v) is 2.97. The molecular weight excluding hydrogens is 398 g/mol. The SMILES string of the molecule is C=CCN(C(=O)C(C)NC(=O)OC(C)(C)C)C(C(=O)NC(C)C)c1cccc(C)c1O. The first-order chi connectivity index (χ1) is 14.3. The van der Waals surface area contributed by atoms with E-state index in [9.17, 15) is 19.5 Å². The van der Waals surface area contributed by atoms with Crippen molar-refractivity contribution in [2.45, 2.75) is 72.2 Å². The molecule has 1 rings (SSSR count). The molecule has 0 aliphatic carbocycles. The van der Waals surface area contributed by atoms with E-state index in [1.165, 1.54) is 17.9 Å². The number of amides is 3. The van der Waals surface area contributed by atoms with Crippen LogP contribution in [-0.2, 0) is 14.3 Å². The number of benzene rings is 1. The summed E-state index contributed by atoms with van der Waals surface area (Å²) in [4.78, 5) is 39.8. The van der Waals surface area contributed by atoms with Gasteiger partial charge in [0.1, 0.15) is 23.4 Å². The Balaban J connectivity index is 3.33. The summed E-state index contributed by atoms with van der Waals surface area (Å²) < 4.78 is 5.22. The van der Waals surface area contributed by atoms with Crippen LogP contribution in [0.2, 0.25) is 0 Å². The second-order valence-electron chi connectivity index (χ2n) is 8.73. The molecule has 0 aliphatic heterocycles. The van der Waals surface area contributed by atoms with Gasteiger partial charge in [-0.05, 0) is 54.0 Å². The Morgan fingerprint density at radius 1 is 1.19 bits per heavy atom. The molecule has 0 saturated carbocycles. The predicted molar refractivity (Wildman–Crippen MR) is 120 cm³/mol. The van der Waals surface area contributed by atoms with Gasteiger partial charge < -0.3 is 25.4 Å². The van der Waals surface area contributed by atoms with Crippen LogP contribution in [0.15, 0.2) is 30.9 Å². The summed E-state index contributed by atoms with van der Waals surface area (Å²) in [7, 11) is 0. The molecule has 0 heterocycles. The average molecular weight is 434 g/mol. The Hall–Kier alpha value is -3.03. The van der Waals surface area contributed by atoms with E-state index in [2.05, 4.69) is 17.2 Å². The number of nitrogens with one attached hydrogen (secondary N) is 2. The maximum atomic E-state index is 13.3. The summed E-state index contributed by atoms with van der Waals surface area (Å²) >= 11 is 0. The highest BCUT2D eigenvalue weighted by atomic mass is 16.6. The smallest absolute Gasteiger partial charge is 0.408 e. The van der Waals surface area contributed by atoms with Crippen molar-refractivity contribution in [3.63, 3.8) is 0 Å². The van der Waals surface area contributed by atoms with Crippen LogP contribution in [0.1, 0.15) is 58.7 Å². The molecule has 0 aliphatic rings. The molecule has 172 valence electrons. The number of carbonyl (C=O) groups excluding carboxylic acids is 3. The van der Waals surface area contributed by atoms with Crippen LogP contribution in [0.25, 0.3) is 0 Å². The Labute approximate surface area is 184 Å². The highest BCUT2D eigenvalue weighted by molar-refractivity contribution is 5.92. The van der Waals surface area contributed by atoms with E-state index in [1.807, 2.05) is 0 Å². The number of ether oxygens (including phenoxy) is 1. The van der Waals surface area contributed by atoms with E-state index in [1.54, 1.807) is 59.7 Å². The molecule has 0 saturated heterocycles. The van der Waals surface area contributed by atoms with Gasteiger partial charge >= 0.3 is 6.09 Å². The highest BCUT2D eigenvalue weighted by Crippen LogP contribution is 2.32. The molecule has 3 N–H and O–H groups in total. The number of phenols is 1. The summed E-state index contributed by atoms with van der Waals surface area (Å²) in [5, 5.41) is 15.9. The molecule has 1 aromatic carbocycles. The molecule has 0 spiro atoms. The minimum Gasteiger partial charge on any atom is -0.507 e. The molecule has 0 bridgehead atoms. The summed E-state index contributed by atoms with van der Waals surface area (Å²) in [5.41, 5.74) is 0.143. The van der Waals surface area contributed by atoms with Crippen molar-refractivity contribution in [3.05, 3.63) is 42.0 Å². The molecule has 3 amide bonds. The molecule has 2 unspecified atom stereocenters. The van der Waals surface area contributed by atoms with Crippen molar-refractivity contribution in [2.75, 3.05) is 6.54 Å². The van der Waals surface area contributed by atoms with E-state index in [0.29, 0.717) is 5.56 Å². The number of hydrogen-bond donors (Lipinski definition) is 3. The number of nitrogens with zero attached hydrogens (tertiary/aromatic N) is 1. The lowest BCUT2D eigenvalue weighted by molar-refractivity contribution is -0.141. The number of rotatable bonds is 8. The number of alkyl carbamates (subject to hydrolysis) is 1. The van der Waals surface area contributed by atoms with E-state index >= 15 is 0 Å². The number of carbonyl (C=O) groups is 3. The van der Waals surface area contributed by atoms with Gasteiger partial charge in [-0.15, -0.1) is 6.58 Å². The van der Waals surface area contributed by atoms with Gasteiger partial charge in [0.15, 0.2) is 0 Å². The standard InChI is InChI=1S/C23H35N3O5/c1-9-13-26(21(29)16(5)25-22(30)31-23(6,7)8)18(20(28)24-14(2)3)17-12-10-11-15(4)19(17)27/h9-12,14,16,18,27H,1,13H2,2-8H3,(H,24,28)(H,25,30). The van der Waals surface area contributed by atoms with Gasteiger partial charge in [-0.1, -0.05) is 24.3 Å². The lowest BCUT2D eigenvalue weighted by Gasteiger charge is -2.33. The quantitative estimate of drug-likeness (QED) is 0.546. The first-order valence-corrected chi connectivity index (χ1v) is 10.3. The summed E-state index contributed by atoms with van der Waals surface area (Å²) in [6, 6.07) is 2.75. The molecule has 0 radical (unpaired) electrons. The lowest BCUT2D eigenvalue weighted by atomic mass is 9.99. The predicted octanol–water partition coefficient (Wildman–Crippen LogP) is 3.19. The summed E-state index contributed by atoms with van der Waals surface area (Å²) in [6.45, 7) is 15.7. The maximum Gasteiger partial charge on any atom is 0.408 e. The lowest BCUT2D eigenvalue weighted by Crippen LogP contribution is -2.52. The first-order valence-electron chi connectivity index (χ1n) is 10.3. The van der Waals surface area contributed by atoms with Crippen LogP contribution in [0, 0.1) is 6.92 Å². The molecule has 0 fully saturated rings. The first kappa shape index (κ1) is 26.0. The number of phenolic OH excluding ortho intramolecular Hbond substituents is 1. The minimum atomic E-state index is -1.12. The largest absolute Gasteiger partial charge is 0.507 e. The Morgan fingerprint density at radius 3 is 2.32 bits per heavy atom. The van der Waals surface area contributed by atoms with Crippen LogP contribution < -0.4 is 10.6 Å². The van der Waals surface area contributed by atoms with Crippen molar-refractivity contribution in [1.82, 2.24) is 15.5 Å². The van der Waals surface area contributed by atoms with Crippen LogP contribution in [0.3, 0.4) is 0 Å². The van der Waals surface area contributed by atoms with Gasteiger partial charge in [-0.3, -0.25) is 9.59 Å². The number of para-hydroxylation sites is 1. The third kappa shape index (κ3) is 7.62. The third-order valence-corrected chi connectivity index (χ3v) is 4.27. The Kier molecular flexibility index (Phi) is 9.09. The van der Waals surface area contributed by atoms with Crippen LogP contribution in [0.4, 0.5) is 4.79 Å². The summed E-state index contributed by atoms with van der Waals surface area (Å²) in [5.74, 6) is -1.04. The van der Waals surface area contributed by atoms with E-state index in [-0.39, 0.29) is 23.9 Å². The summed E-state index contributed by atoms with van der Waals surface area (Å²) in [6.07, 6.45) is 0.745. The zero-order valence-corrected chi connectivity index (χ0v) is 19.5. The van der Waals surface area contributed by atoms with Crippen molar-refractivity contribution < 1.29 is 24.2 Å². The van der Waals surface area contributed by atoms with E-state index < -0.39 is 35.6 Å². The topological polar surface area (TPSA) is 108 Å². The maximum absolute atomic E-state index is 13.3. The molecule has 8 heteroatoms. The minimum absolute atomic E-state index is 0.0305. The molecule has 1 aromatic rings. The third-order valence-electron chi connectivity index (χ3n) is 4.27. The second-order valence-corrected chi connectivity index (χ2v) is 8.73. The average Bonchev–Trinajstić information content (AvgIpc) is 2.61. The van der Waals surface area contributed by atoms with Gasteiger partial charge in [0, 0.05) is 18.2 Å². The van der Waals surface area contributed by atoms with E-state index in [4.69, 9.17) is 4.74 Å². The fraction of sp³-hybridized carbons (Fsp3) is 0.522. The number of aryl methyl sites for hydroxylation is 1. The van der Waals surface area contributed by atoms with Crippen molar-refractivity contribution >= 4 is 17.9 Å². The normalized spacial score (nSPS) is 13.2. The Bertz CT molecular complexity index is 814. The van der Waals surface area contributed by atoms with Crippen molar-refractivity contribution in [1.29, 1.82) is 0 Å². The monoisotopic (exact) mass is 433 g/mol. The van der Waals surface area contributed by atoms with Gasteiger partial charge in [-0.25, -0.2) is 4.79 Å². The zero-order valence-electron chi connectivity index (χ0n) is 19.5. The second kappa shape index (κ2) is 10.8. The van der Waals surface area contributed by atoms with Crippen LogP contribution in [-0.4, -0.2) is 52.1 Å². The van der Waals surface area contributed by atoms with Gasteiger partial charge in [0.25, 0.3) is 0 Å². The van der Waals surface area contributed by atoms with Crippen LogP contribution in [0.5, 0.6) is 5.75 Å². The highest BCUT2D eigenvalue weighted by Gasteiger charge is 2.35. The number of hydrogen-bond acceptors (Lipinski definition) is 5. The van der Waals surface area contributed by atoms with Gasteiger partial charge in [-0.2, -0.15) is 0 Å². The molecule has 31 heavy (non-hydrogen) atoms. The molecule has 8 nitrogen and oxygen atoms in total. The molecular formula is C23H35N3O5. The zero-order chi connectivity index (χ0) is 23.9. The molecule has 0 aromatic heterocycles. The number of aromatic hydroxyl groups is 1. The fourth-order valence-electron chi connectivity index (χ4n) is 2.97. The molecule has 2 atom stereocenters. The van der Waals surface area contributed by atoms with Gasteiger partial charge in [0.05, 0.1) is 0 Å². The van der Waals surface area contributed by atoms with Crippen LogP contribution >= 0.6 is 0 Å². The van der Waals surface area contributed by atoms with Crippen molar-refractivity contribution in [3.8, 4) is 5.75 Å². The Morgan fingerprint density at radius 2 is 1.81 bits per heavy atom. The van der Waals surface area contributed by atoms with E-state index in [0.717, 1.165) is 0 Å². The van der Waals surface area contributed by atoms with Gasteiger partial charge in [0.2, 0.25) is 11.8 Å².